The van der Waals surface area contributed by atoms with E-state index in [1.54, 1.807) is 20.8 Å². The predicted molar refractivity (Wildman–Crippen MR) is 132 cm³/mol. The van der Waals surface area contributed by atoms with E-state index in [2.05, 4.69) is 15.0 Å². The zero-order valence-electron chi connectivity index (χ0n) is 20.1. The zero-order valence-corrected chi connectivity index (χ0v) is 20.9. The summed E-state index contributed by atoms with van der Waals surface area (Å²) in [6, 6.07) is 6.03. The molecule has 198 valence electrons. The van der Waals surface area contributed by atoms with E-state index in [1.165, 1.54) is 12.1 Å². The van der Waals surface area contributed by atoms with Gasteiger partial charge in [-0.1, -0.05) is 19.9 Å². The molecule has 0 bridgehead atoms. The van der Waals surface area contributed by atoms with Gasteiger partial charge in [-0.15, -0.1) is 0 Å². The third-order valence-corrected chi connectivity index (χ3v) is 6.20. The van der Waals surface area contributed by atoms with Crippen molar-refractivity contribution in [2.45, 2.75) is 27.2 Å². The van der Waals surface area contributed by atoms with Crippen LogP contribution in [0.4, 0.5) is 34.8 Å². The molecular weight excluding hydrogens is 514 g/mol. The number of primary amides is 1. The van der Waals surface area contributed by atoms with E-state index in [0.717, 1.165) is 24.4 Å². The van der Waals surface area contributed by atoms with E-state index >= 15 is 13.2 Å². The van der Waals surface area contributed by atoms with Gasteiger partial charge in [-0.05, 0) is 53.8 Å². The van der Waals surface area contributed by atoms with Crippen LogP contribution < -0.4 is 20.5 Å². The number of halogens is 4. The molecule has 3 rings (SSSR count). The van der Waals surface area contributed by atoms with Crippen LogP contribution in [0.25, 0.3) is 0 Å². The molecule has 0 saturated carbocycles. The van der Waals surface area contributed by atoms with Crippen LogP contribution in [0.2, 0.25) is 0 Å². The van der Waals surface area contributed by atoms with Crippen molar-refractivity contribution < 1.29 is 30.8 Å². The van der Waals surface area contributed by atoms with Gasteiger partial charge in [-0.25, -0.2) is 22.5 Å². The van der Waals surface area contributed by atoms with Gasteiger partial charge in [0.25, 0.3) is 16.1 Å². The predicted octanol–water partition coefficient (Wildman–Crippen LogP) is 4.28. The van der Waals surface area contributed by atoms with Crippen LogP contribution in [-0.4, -0.2) is 25.9 Å². The number of nitrogens with zero attached hydrogens (tertiary/aromatic N) is 1. The molecule has 0 aliphatic heterocycles. The summed E-state index contributed by atoms with van der Waals surface area (Å²) < 4.78 is 87.9. The molecule has 0 unspecified atom stereocenters. The topological polar surface area (TPSA) is 126 Å². The fourth-order valence-corrected chi connectivity index (χ4v) is 4.34. The second-order valence-corrected chi connectivity index (χ2v) is 10.2. The number of aryl methyl sites for hydroxylation is 1. The highest BCUT2D eigenvalue weighted by Gasteiger charge is 2.24. The minimum atomic E-state index is -4.15. The van der Waals surface area contributed by atoms with Gasteiger partial charge in [0.05, 0.1) is 16.9 Å². The first-order valence-corrected chi connectivity index (χ1v) is 12.5. The minimum Gasteiger partial charge on any atom is -0.366 e. The van der Waals surface area contributed by atoms with Crippen molar-refractivity contribution in [2.24, 2.45) is 11.7 Å². The highest BCUT2D eigenvalue weighted by atomic mass is 32.2. The maximum absolute atomic E-state index is 15.1. The summed E-state index contributed by atoms with van der Waals surface area (Å²) in [7, 11) is -4.15. The number of benzene rings is 2. The number of carbonyl (C=O) groups is 1. The molecule has 2 aromatic carbocycles. The monoisotopic (exact) mass is 539 g/mol. The van der Waals surface area contributed by atoms with Crippen molar-refractivity contribution >= 4 is 33.3 Å². The Balaban J connectivity index is 1.97. The fraction of sp³-hybridized carbons (Fsp3) is 0.250. The molecule has 5 N–H and O–H groups in total. The van der Waals surface area contributed by atoms with Gasteiger partial charge in [0.15, 0.2) is 23.3 Å². The molecule has 0 spiro atoms. The number of aromatic nitrogens is 1. The molecule has 3 aromatic rings. The number of hydrogen-bond acceptors (Lipinski definition) is 5. The van der Waals surface area contributed by atoms with Gasteiger partial charge in [-0.3, -0.25) is 9.52 Å². The molecule has 1 amide bonds. The maximum Gasteiger partial charge on any atom is 0.300 e. The summed E-state index contributed by atoms with van der Waals surface area (Å²) >= 11 is 0. The van der Waals surface area contributed by atoms with E-state index in [4.69, 9.17) is 5.73 Å². The summed E-state index contributed by atoms with van der Waals surface area (Å²) in [4.78, 5) is 15.7. The van der Waals surface area contributed by atoms with Gasteiger partial charge >= 0.3 is 0 Å². The number of nitrogens with two attached hydrogens (primary N) is 1. The highest BCUT2D eigenvalue weighted by molar-refractivity contribution is 7.90. The molecule has 37 heavy (non-hydrogen) atoms. The van der Waals surface area contributed by atoms with Crippen LogP contribution in [0, 0.1) is 36.1 Å². The molecule has 13 heteroatoms. The molecule has 0 atom stereocenters. The smallest absolute Gasteiger partial charge is 0.300 e. The molecule has 0 aliphatic rings. The first-order chi connectivity index (χ1) is 17.3. The zero-order chi connectivity index (χ0) is 27.5. The Kier molecular flexibility index (Phi) is 8.39. The van der Waals surface area contributed by atoms with E-state index in [1.807, 2.05) is 4.72 Å². The molecule has 0 radical (unpaired) electrons. The number of carbonyl (C=O) groups excluding carboxylic acids is 1. The lowest BCUT2D eigenvalue weighted by Crippen LogP contribution is -2.33. The quantitative estimate of drug-likeness (QED) is 0.286. The van der Waals surface area contributed by atoms with Gasteiger partial charge < -0.3 is 11.1 Å². The van der Waals surface area contributed by atoms with Crippen LogP contribution in [-0.2, 0) is 16.6 Å². The Hall–Kier alpha value is -3.71. The second-order valence-electron chi connectivity index (χ2n) is 8.72. The maximum atomic E-state index is 15.1. The Bertz CT molecular complexity index is 1450. The Morgan fingerprint density at radius 1 is 1.03 bits per heavy atom. The van der Waals surface area contributed by atoms with E-state index in [0.29, 0.717) is 5.56 Å². The summed E-state index contributed by atoms with van der Waals surface area (Å²) in [6.07, 6.45) is 0.503. The van der Waals surface area contributed by atoms with Crippen molar-refractivity contribution in [3.63, 3.8) is 0 Å². The van der Waals surface area contributed by atoms with Crippen molar-refractivity contribution in [2.75, 3.05) is 16.6 Å². The van der Waals surface area contributed by atoms with Crippen LogP contribution in [0.3, 0.4) is 0 Å². The van der Waals surface area contributed by atoms with Gasteiger partial charge in [0.1, 0.15) is 5.82 Å². The third-order valence-electron chi connectivity index (χ3n) is 5.19. The SMILES string of the molecule is Cc1ccc(Nc2c(C(N)=O)cc(Cc3ccnc(NS(=O)(=O)NCC(C)C)c3F)c(F)c2F)c(F)c1. The fourth-order valence-electron chi connectivity index (χ4n) is 3.32. The molecule has 1 heterocycles. The number of hydrogen-bond donors (Lipinski definition) is 4. The van der Waals surface area contributed by atoms with Crippen molar-refractivity contribution in [1.29, 1.82) is 0 Å². The molecule has 1 aromatic heterocycles. The van der Waals surface area contributed by atoms with Gasteiger partial charge in [0, 0.05) is 19.2 Å². The Labute approximate surface area is 211 Å². The molecule has 8 nitrogen and oxygen atoms in total. The molecule has 0 fully saturated rings. The first kappa shape index (κ1) is 27.9. The lowest BCUT2D eigenvalue weighted by molar-refractivity contribution is 0.100. The lowest BCUT2D eigenvalue weighted by atomic mass is 10.00. The number of amides is 1. The van der Waals surface area contributed by atoms with Crippen molar-refractivity contribution in [3.8, 4) is 0 Å². The van der Waals surface area contributed by atoms with Crippen molar-refractivity contribution in [1.82, 2.24) is 9.71 Å². The average molecular weight is 540 g/mol. The number of rotatable bonds is 10. The molecule has 0 saturated heterocycles. The van der Waals surface area contributed by atoms with E-state index in [-0.39, 0.29) is 23.7 Å². The Morgan fingerprint density at radius 2 is 1.73 bits per heavy atom. The van der Waals surface area contributed by atoms with Crippen LogP contribution in [0.15, 0.2) is 36.5 Å². The summed E-state index contributed by atoms with van der Waals surface area (Å²) in [6.45, 7) is 5.26. The van der Waals surface area contributed by atoms with Crippen LogP contribution in [0.1, 0.15) is 40.9 Å². The number of nitrogens with one attached hydrogen (secondary N) is 3. The van der Waals surface area contributed by atoms with Gasteiger partial charge in [0.2, 0.25) is 0 Å². The largest absolute Gasteiger partial charge is 0.366 e. The van der Waals surface area contributed by atoms with Crippen LogP contribution >= 0.6 is 0 Å². The van der Waals surface area contributed by atoms with E-state index < -0.39 is 68.4 Å². The second kappa shape index (κ2) is 11.1. The standard InChI is InChI=1S/C24H25F4N5O3S/c1-12(2)11-31-37(35,36)33-24-20(27)14(6-7-30-24)9-15-10-16(23(29)34)22(21(28)19(15)26)32-18-5-4-13(3)8-17(18)25/h4-8,10,12,31-32H,9,11H2,1-3H3,(H2,29,34)(H,30,33). The number of anilines is 3. The average Bonchev–Trinajstić information content (AvgIpc) is 2.81. The molecule has 0 aliphatic carbocycles. The minimum absolute atomic E-state index is 0.0157. The van der Waals surface area contributed by atoms with Crippen LogP contribution in [0.5, 0.6) is 0 Å². The summed E-state index contributed by atoms with van der Waals surface area (Å²) in [5.74, 6) is -6.67. The Morgan fingerprint density at radius 3 is 2.35 bits per heavy atom. The van der Waals surface area contributed by atoms with Gasteiger partial charge in [-0.2, -0.15) is 13.1 Å². The molecular formula is C24H25F4N5O3S. The van der Waals surface area contributed by atoms with E-state index in [9.17, 15) is 17.6 Å². The lowest BCUT2D eigenvalue weighted by Gasteiger charge is -2.16. The van der Waals surface area contributed by atoms with Crippen molar-refractivity contribution in [3.05, 3.63) is 82.1 Å². The summed E-state index contributed by atoms with van der Waals surface area (Å²) in [5, 5.41) is 2.36. The third kappa shape index (κ3) is 6.74. The highest BCUT2D eigenvalue weighted by Crippen LogP contribution is 2.31. The number of pyridine rings is 1. The summed E-state index contributed by atoms with van der Waals surface area (Å²) in [5.41, 5.74) is 3.85. The normalized spacial score (nSPS) is 11.6. The first-order valence-electron chi connectivity index (χ1n) is 11.0.